The van der Waals surface area contributed by atoms with Gasteiger partial charge in [0.15, 0.2) is 5.65 Å². The second kappa shape index (κ2) is 7.29. The maximum Gasteiger partial charge on any atom is 0.229 e. The summed E-state index contributed by atoms with van der Waals surface area (Å²) in [5.74, 6) is -0.0593. The molecule has 0 fully saturated rings. The third kappa shape index (κ3) is 3.37. The highest BCUT2D eigenvalue weighted by atomic mass is 35.5. The monoisotopic (exact) mass is 453 g/mol. The average molecular weight is 454 g/mol. The quantitative estimate of drug-likeness (QED) is 0.426. The summed E-state index contributed by atoms with van der Waals surface area (Å²) in [4.78, 5) is 4.52. The van der Waals surface area contributed by atoms with Crippen LogP contribution in [0.3, 0.4) is 0 Å². The summed E-state index contributed by atoms with van der Waals surface area (Å²) in [5.41, 5.74) is 1.11. The molecule has 5 aromatic rings. The molecule has 0 radical (unpaired) electrons. The van der Waals surface area contributed by atoms with E-state index in [1.165, 1.54) is 40.9 Å². The lowest BCUT2D eigenvalue weighted by Crippen LogP contribution is -2.05. The minimum atomic E-state index is -4.01. The summed E-state index contributed by atoms with van der Waals surface area (Å²) in [6.07, 6.45) is 0. The molecule has 5 rings (SSSR count). The zero-order chi connectivity index (χ0) is 21.6. The lowest BCUT2D eigenvalue weighted by Gasteiger charge is -2.10. The largest absolute Gasteiger partial charge is 0.340 e. The predicted molar refractivity (Wildman–Crippen MR) is 115 cm³/mol. The van der Waals surface area contributed by atoms with Crippen LogP contribution in [0, 0.1) is 5.82 Å². The topological polar surface area (TPSA) is 89.2 Å². The van der Waals surface area contributed by atoms with Crippen molar-refractivity contribution in [1.29, 1.82) is 0 Å². The van der Waals surface area contributed by atoms with Crippen molar-refractivity contribution in [2.45, 2.75) is 9.92 Å². The van der Waals surface area contributed by atoms with Crippen LogP contribution >= 0.6 is 11.6 Å². The van der Waals surface area contributed by atoms with E-state index in [4.69, 9.17) is 11.6 Å². The van der Waals surface area contributed by atoms with Crippen molar-refractivity contribution in [3.8, 4) is 0 Å². The van der Waals surface area contributed by atoms with Crippen LogP contribution in [0.4, 0.5) is 15.9 Å². The average Bonchev–Trinajstić information content (AvgIpc) is 3.19. The number of nitrogens with zero attached hydrogens (tertiary/aromatic N) is 4. The SMILES string of the molecule is O=S(=O)(c1ccc(Cl)cc1)c1nnn2c1nc(Nc1cccc(F)c1)c1ccccc12. The van der Waals surface area contributed by atoms with E-state index in [-0.39, 0.29) is 15.6 Å². The maximum absolute atomic E-state index is 13.7. The van der Waals surface area contributed by atoms with Gasteiger partial charge in [-0.25, -0.2) is 17.8 Å². The van der Waals surface area contributed by atoms with Crippen LogP contribution in [0.1, 0.15) is 0 Å². The first kappa shape index (κ1) is 19.4. The molecule has 2 heterocycles. The number of aromatic nitrogens is 4. The van der Waals surface area contributed by atoms with Crippen molar-refractivity contribution in [2.75, 3.05) is 5.32 Å². The van der Waals surface area contributed by atoms with Gasteiger partial charge in [0.25, 0.3) is 0 Å². The van der Waals surface area contributed by atoms with Gasteiger partial charge in [-0.05, 0) is 54.6 Å². The van der Waals surface area contributed by atoms with Gasteiger partial charge in [0, 0.05) is 16.1 Å². The molecule has 0 aliphatic heterocycles. The van der Waals surface area contributed by atoms with Gasteiger partial charge in [0.2, 0.25) is 14.9 Å². The number of nitrogens with one attached hydrogen (secondary N) is 1. The second-order valence-corrected chi connectivity index (χ2v) is 9.00. The Kier molecular flexibility index (Phi) is 4.57. The Morgan fingerprint density at radius 1 is 0.968 bits per heavy atom. The van der Waals surface area contributed by atoms with Crippen LogP contribution in [0.2, 0.25) is 5.02 Å². The van der Waals surface area contributed by atoms with Crippen LogP contribution in [0.25, 0.3) is 16.6 Å². The van der Waals surface area contributed by atoms with Gasteiger partial charge in [0.05, 0.1) is 10.4 Å². The zero-order valence-corrected chi connectivity index (χ0v) is 17.3. The van der Waals surface area contributed by atoms with Gasteiger partial charge in [0.1, 0.15) is 11.6 Å². The zero-order valence-electron chi connectivity index (χ0n) is 15.7. The van der Waals surface area contributed by atoms with Crippen LogP contribution in [-0.4, -0.2) is 28.2 Å². The molecular weight excluding hydrogens is 441 g/mol. The van der Waals surface area contributed by atoms with E-state index < -0.39 is 15.7 Å². The Morgan fingerprint density at radius 2 is 1.74 bits per heavy atom. The predicted octanol–water partition coefficient (Wildman–Crippen LogP) is 4.65. The van der Waals surface area contributed by atoms with E-state index >= 15 is 0 Å². The Morgan fingerprint density at radius 3 is 2.52 bits per heavy atom. The highest BCUT2D eigenvalue weighted by Crippen LogP contribution is 2.30. The first-order valence-electron chi connectivity index (χ1n) is 9.11. The Balaban J connectivity index is 1.74. The molecule has 10 heteroatoms. The number of hydrogen-bond donors (Lipinski definition) is 1. The molecule has 3 aromatic carbocycles. The number of para-hydroxylation sites is 1. The van der Waals surface area contributed by atoms with Gasteiger partial charge in [-0.15, -0.1) is 5.10 Å². The van der Waals surface area contributed by atoms with Crippen molar-refractivity contribution in [2.24, 2.45) is 0 Å². The number of benzene rings is 3. The fraction of sp³-hybridized carbons (Fsp3) is 0. The normalized spacial score (nSPS) is 11.8. The molecular formula is C21H13ClFN5O2S. The van der Waals surface area contributed by atoms with Gasteiger partial charge in [-0.2, -0.15) is 4.52 Å². The number of sulfone groups is 1. The van der Waals surface area contributed by atoms with Crippen molar-refractivity contribution >= 4 is 49.5 Å². The molecule has 0 aliphatic carbocycles. The van der Waals surface area contributed by atoms with Gasteiger partial charge >= 0.3 is 0 Å². The van der Waals surface area contributed by atoms with E-state index in [1.807, 2.05) is 6.07 Å². The maximum atomic E-state index is 13.7. The van der Waals surface area contributed by atoms with Crippen LogP contribution < -0.4 is 5.32 Å². The number of rotatable bonds is 4. The Labute approximate surface area is 181 Å². The van der Waals surface area contributed by atoms with E-state index in [9.17, 15) is 12.8 Å². The van der Waals surface area contributed by atoms with Crippen molar-refractivity contribution in [1.82, 2.24) is 19.8 Å². The summed E-state index contributed by atoms with van der Waals surface area (Å²) in [6, 6.07) is 18.9. The third-order valence-corrected chi connectivity index (χ3v) is 6.61. The molecule has 0 saturated carbocycles. The first-order chi connectivity index (χ1) is 14.9. The molecule has 0 amide bonds. The van der Waals surface area contributed by atoms with E-state index in [0.717, 1.165) is 0 Å². The molecule has 0 saturated heterocycles. The summed E-state index contributed by atoms with van der Waals surface area (Å²) in [5, 5.41) is 11.8. The second-order valence-electron chi connectivity index (χ2n) is 6.70. The third-order valence-electron chi connectivity index (χ3n) is 4.69. The molecule has 2 aromatic heterocycles. The molecule has 0 bridgehead atoms. The highest BCUT2D eigenvalue weighted by molar-refractivity contribution is 7.91. The highest BCUT2D eigenvalue weighted by Gasteiger charge is 2.27. The van der Waals surface area contributed by atoms with E-state index in [1.54, 1.807) is 30.3 Å². The summed E-state index contributed by atoms with van der Waals surface area (Å²) in [6.45, 7) is 0. The lowest BCUT2D eigenvalue weighted by molar-refractivity contribution is 0.592. The standard InChI is InChI=1S/C21H13ClFN5O2S/c22-13-8-10-16(11-9-13)31(29,30)21-20-25-19(24-15-5-3-4-14(23)12-15)17-6-1-2-7-18(17)28(20)27-26-21/h1-12H,(H,24,25). The fourth-order valence-electron chi connectivity index (χ4n) is 3.24. The molecule has 0 spiro atoms. The van der Waals surface area contributed by atoms with Gasteiger partial charge < -0.3 is 5.32 Å². The number of anilines is 2. The lowest BCUT2D eigenvalue weighted by atomic mass is 10.2. The molecule has 0 atom stereocenters. The smallest absolute Gasteiger partial charge is 0.229 e. The minimum Gasteiger partial charge on any atom is -0.340 e. The molecule has 0 aliphatic rings. The first-order valence-corrected chi connectivity index (χ1v) is 11.0. The Bertz CT molecular complexity index is 1550. The number of hydrogen-bond acceptors (Lipinski definition) is 6. The number of fused-ring (bicyclic) bond motifs is 3. The number of halogens is 2. The van der Waals surface area contributed by atoms with Gasteiger partial charge in [-0.3, -0.25) is 0 Å². The molecule has 0 unspecified atom stereocenters. The van der Waals surface area contributed by atoms with Crippen LogP contribution in [-0.2, 0) is 9.84 Å². The van der Waals surface area contributed by atoms with Crippen molar-refractivity contribution < 1.29 is 12.8 Å². The molecule has 31 heavy (non-hydrogen) atoms. The van der Waals surface area contributed by atoms with Gasteiger partial charge in [-0.1, -0.05) is 35.0 Å². The molecule has 1 N–H and O–H groups in total. The summed E-state index contributed by atoms with van der Waals surface area (Å²) < 4.78 is 41.4. The fourth-order valence-corrected chi connectivity index (χ4v) is 4.60. The van der Waals surface area contributed by atoms with E-state index in [0.29, 0.717) is 27.4 Å². The van der Waals surface area contributed by atoms with Crippen LogP contribution in [0.15, 0.2) is 82.7 Å². The van der Waals surface area contributed by atoms with Crippen molar-refractivity contribution in [3.63, 3.8) is 0 Å². The minimum absolute atomic E-state index is 0.0221. The molecule has 154 valence electrons. The summed E-state index contributed by atoms with van der Waals surface area (Å²) in [7, 11) is -4.01. The molecule has 7 nitrogen and oxygen atoms in total. The summed E-state index contributed by atoms with van der Waals surface area (Å²) >= 11 is 5.88. The van der Waals surface area contributed by atoms with E-state index in [2.05, 4.69) is 20.6 Å². The Hall–Kier alpha value is -3.56. The van der Waals surface area contributed by atoms with Crippen LogP contribution in [0.5, 0.6) is 0 Å². The van der Waals surface area contributed by atoms with Crippen molar-refractivity contribution in [3.05, 3.63) is 83.6 Å².